The van der Waals surface area contributed by atoms with Crippen molar-refractivity contribution >= 4 is 43.0 Å². The summed E-state index contributed by atoms with van der Waals surface area (Å²) in [6.45, 7) is 3.34. The van der Waals surface area contributed by atoms with Gasteiger partial charge in [-0.2, -0.15) is 0 Å². The van der Waals surface area contributed by atoms with E-state index in [-0.39, 0.29) is 11.9 Å². The Labute approximate surface area is 164 Å². The van der Waals surface area contributed by atoms with Crippen molar-refractivity contribution in [3.8, 4) is 0 Å². The summed E-state index contributed by atoms with van der Waals surface area (Å²) in [5.74, 6) is 0.829. The molecule has 7 nitrogen and oxygen atoms in total. The first-order chi connectivity index (χ1) is 12.2. The lowest BCUT2D eigenvalue weighted by molar-refractivity contribution is 0.0892. The molecule has 26 heavy (non-hydrogen) atoms. The van der Waals surface area contributed by atoms with Crippen molar-refractivity contribution in [2.24, 2.45) is 0 Å². The molecular weight excluding hydrogens is 420 g/mol. The van der Waals surface area contributed by atoms with E-state index in [2.05, 4.69) is 50.0 Å². The minimum atomic E-state index is -0.598. The third-order valence-corrected chi connectivity index (χ3v) is 5.42. The highest BCUT2D eigenvalue weighted by Crippen LogP contribution is 2.33. The predicted molar refractivity (Wildman–Crippen MR) is 110 cm³/mol. The highest BCUT2D eigenvalue weighted by molar-refractivity contribution is 9.10. The number of carbonyl (C=O) groups excluding carboxylic acids is 1. The van der Waals surface area contributed by atoms with E-state index in [1.807, 2.05) is 11.5 Å². The second-order valence-electron chi connectivity index (χ2n) is 7.04. The average Bonchev–Trinajstić information content (AvgIpc) is 2.88. The fourth-order valence-electron chi connectivity index (χ4n) is 2.36. The standard InChI is InChI=1S/C17H27BrN4O3S/c1-12(10-24-2)20-17(23)13-9-22(11-25-6-7-26(3,4)5)16-15(13)21-14(18)8-19-16/h8-9,12H,6-7,10-11H2,1-5H3,(H,20,23)/t12-/m0/s1. The Morgan fingerprint density at radius 1 is 1.42 bits per heavy atom. The number of fused-ring (bicyclic) bond motifs is 1. The second-order valence-corrected chi connectivity index (χ2v) is 12.4. The lowest BCUT2D eigenvalue weighted by Gasteiger charge is -2.24. The van der Waals surface area contributed by atoms with Crippen molar-refractivity contribution in [2.45, 2.75) is 19.7 Å². The number of carbonyl (C=O) groups is 1. The lowest BCUT2D eigenvalue weighted by Crippen LogP contribution is -2.35. The molecule has 2 aromatic rings. The number of hydrogen-bond donors (Lipinski definition) is 1. The molecule has 0 radical (unpaired) electrons. The number of nitrogens with one attached hydrogen (secondary N) is 1. The molecule has 2 aromatic heterocycles. The number of nitrogens with zero attached hydrogens (tertiary/aromatic N) is 3. The normalized spacial score (nSPS) is 13.8. The SMILES string of the molecule is COC[C@H](C)NC(=O)c1cn(COCCS(C)(C)C)c2ncc(Br)nc12. The number of methoxy groups -OCH3 is 1. The van der Waals surface area contributed by atoms with Crippen LogP contribution >= 0.6 is 26.0 Å². The maximum Gasteiger partial charge on any atom is 0.255 e. The molecule has 0 aliphatic carbocycles. The number of amides is 1. The van der Waals surface area contributed by atoms with Gasteiger partial charge in [-0.05, 0) is 41.6 Å². The Morgan fingerprint density at radius 3 is 2.81 bits per heavy atom. The maximum atomic E-state index is 12.6. The van der Waals surface area contributed by atoms with E-state index in [1.165, 1.54) is 0 Å². The first kappa shape index (κ1) is 21.1. The van der Waals surface area contributed by atoms with Gasteiger partial charge in [0.05, 0.1) is 25.0 Å². The summed E-state index contributed by atoms with van der Waals surface area (Å²) in [6, 6.07) is -0.1000. The van der Waals surface area contributed by atoms with Crippen LogP contribution in [0, 0.1) is 0 Å². The molecule has 2 rings (SSSR count). The molecule has 0 aromatic carbocycles. The molecule has 0 aliphatic heterocycles. The molecule has 2 heterocycles. The molecule has 0 unspecified atom stereocenters. The van der Waals surface area contributed by atoms with E-state index >= 15 is 0 Å². The minimum Gasteiger partial charge on any atom is -0.383 e. The fraction of sp³-hybridized carbons (Fsp3) is 0.588. The molecular formula is C17H27BrN4O3S. The average molecular weight is 447 g/mol. The summed E-state index contributed by atoms with van der Waals surface area (Å²) in [6.07, 6.45) is 10.1. The monoisotopic (exact) mass is 446 g/mol. The molecule has 0 aliphatic rings. The van der Waals surface area contributed by atoms with Crippen LogP contribution in [0.25, 0.3) is 11.2 Å². The number of ether oxygens (including phenoxy) is 2. The Hall–Kier alpha value is -1.16. The van der Waals surface area contributed by atoms with Crippen molar-refractivity contribution in [3.05, 3.63) is 22.6 Å². The molecule has 0 bridgehead atoms. The smallest absolute Gasteiger partial charge is 0.255 e. The summed E-state index contributed by atoms with van der Waals surface area (Å²) in [5.41, 5.74) is 1.65. The summed E-state index contributed by atoms with van der Waals surface area (Å²) >= 11 is 3.32. The van der Waals surface area contributed by atoms with Crippen molar-refractivity contribution in [3.63, 3.8) is 0 Å². The van der Waals surface area contributed by atoms with Crippen LogP contribution in [-0.4, -0.2) is 71.3 Å². The van der Waals surface area contributed by atoms with Gasteiger partial charge in [-0.3, -0.25) is 4.79 Å². The van der Waals surface area contributed by atoms with Crippen molar-refractivity contribution < 1.29 is 14.3 Å². The van der Waals surface area contributed by atoms with Crippen LogP contribution in [0.3, 0.4) is 0 Å². The molecule has 1 N–H and O–H groups in total. The Balaban J connectivity index is 2.19. The second kappa shape index (κ2) is 9.16. The minimum absolute atomic E-state index is 0.1000. The number of aromatic nitrogens is 3. The zero-order valence-corrected chi connectivity index (χ0v) is 18.3. The van der Waals surface area contributed by atoms with Crippen molar-refractivity contribution in [1.29, 1.82) is 0 Å². The largest absolute Gasteiger partial charge is 0.383 e. The molecule has 9 heteroatoms. The van der Waals surface area contributed by atoms with Crippen LogP contribution in [0.4, 0.5) is 0 Å². The zero-order chi connectivity index (χ0) is 19.3. The van der Waals surface area contributed by atoms with Gasteiger partial charge in [0, 0.05) is 25.1 Å². The van der Waals surface area contributed by atoms with E-state index in [4.69, 9.17) is 9.47 Å². The quantitative estimate of drug-likeness (QED) is 0.598. The Kier molecular flexibility index (Phi) is 7.45. The van der Waals surface area contributed by atoms with Gasteiger partial charge >= 0.3 is 0 Å². The molecule has 1 amide bonds. The van der Waals surface area contributed by atoms with Gasteiger partial charge in [0.25, 0.3) is 5.91 Å². The third kappa shape index (κ3) is 5.94. The third-order valence-electron chi connectivity index (χ3n) is 3.65. The molecule has 0 fully saturated rings. The van der Waals surface area contributed by atoms with E-state index < -0.39 is 10.0 Å². The van der Waals surface area contributed by atoms with Gasteiger partial charge in [0.1, 0.15) is 16.9 Å². The summed E-state index contributed by atoms with van der Waals surface area (Å²) in [4.78, 5) is 21.5. The van der Waals surface area contributed by atoms with Gasteiger partial charge in [-0.25, -0.2) is 20.0 Å². The highest BCUT2D eigenvalue weighted by atomic mass is 79.9. The van der Waals surface area contributed by atoms with Gasteiger partial charge in [0.2, 0.25) is 0 Å². The summed E-state index contributed by atoms with van der Waals surface area (Å²) < 4.78 is 13.3. The highest BCUT2D eigenvalue weighted by Gasteiger charge is 2.19. The molecule has 0 spiro atoms. The molecule has 0 saturated heterocycles. The van der Waals surface area contributed by atoms with E-state index in [0.717, 1.165) is 5.75 Å². The number of rotatable bonds is 9. The first-order valence-electron chi connectivity index (χ1n) is 8.26. The van der Waals surface area contributed by atoms with E-state index in [0.29, 0.717) is 41.3 Å². The maximum absolute atomic E-state index is 12.6. The van der Waals surface area contributed by atoms with Gasteiger partial charge in [-0.1, -0.05) is 0 Å². The van der Waals surface area contributed by atoms with Crippen LogP contribution < -0.4 is 5.32 Å². The van der Waals surface area contributed by atoms with Crippen molar-refractivity contribution in [2.75, 3.05) is 44.8 Å². The summed E-state index contributed by atoms with van der Waals surface area (Å²) in [5, 5.41) is 2.91. The van der Waals surface area contributed by atoms with E-state index in [9.17, 15) is 4.79 Å². The Bertz CT molecular complexity index is 760. The Morgan fingerprint density at radius 2 is 2.15 bits per heavy atom. The predicted octanol–water partition coefficient (Wildman–Crippen LogP) is 2.63. The zero-order valence-electron chi connectivity index (χ0n) is 15.9. The topological polar surface area (TPSA) is 78.3 Å². The van der Waals surface area contributed by atoms with Crippen LogP contribution in [0.5, 0.6) is 0 Å². The number of hydrogen-bond acceptors (Lipinski definition) is 5. The van der Waals surface area contributed by atoms with Crippen LogP contribution in [0.15, 0.2) is 17.0 Å². The van der Waals surface area contributed by atoms with E-state index in [1.54, 1.807) is 19.5 Å². The first-order valence-corrected chi connectivity index (χ1v) is 12.1. The fourth-order valence-corrected chi connectivity index (χ4v) is 3.26. The van der Waals surface area contributed by atoms with Crippen LogP contribution in [0.1, 0.15) is 17.3 Å². The number of halogens is 1. The molecule has 1 atom stereocenters. The lowest BCUT2D eigenvalue weighted by atomic mass is 10.2. The molecule has 146 valence electrons. The van der Waals surface area contributed by atoms with Gasteiger partial charge < -0.3 is 19.4 Å². The van der Waals surface area contributed by atoms with Crippen molar-refractivity contribution in [1.82, 2.24) is 19.9 Å². The van der Waals surface area contributed by atoms with Gasteiger partial charge in [0.15, 0.2) is 5.65 Å². The van der Waals surface area contributed by atoms with Crippen LogP contribution in [0.2, 0.25) is 0 Å². The van der Waals surface area contributed by atoms with Gasteiger partial charge in [-0.15, -0.1) is 0 Å². The molecule has 0 saturated carbocycles. The van der Waals surface area contributed by atoms with Crippen LogP contribution in [-0.2, 0) is 16.2 Å². The summed E-state index contributed by atoms with van der Waals surface area (Å²) in [7, 11) is 1.01.